The minimum Gasteiger partial charge on any atom is -0.309 e. The van der Waals surface area contributed by atoms with E-state index in [1.54, 1.807) is 0 Å². The Morgan fingerprint density at radius 3 is 2.71 bits per heavy atom. The van der Waals surface area contributed by atoms with Crippen LogP contribution in [0.5, 0.6) is 0 Å². The molecule has 0 unspecified atom stereocenters. The predicted octanol–water partition coefficient (Wildman–Crippen LogP) is 2.00. The summed E-state index contributed by atoms with van der Waals surface area (Å²) in [4.78, 5) is 17.1. The van der Waals surface area contributed by atoms with Crippen molar-refractivity contribution in [2.45, 2.75) is 38.8 Å². The molecule has 4 heteroatoms. The minimum atomic E-state index is -0.112. The van der Waals surface area contributed by atoms with Crippen LogP contribution in [0.1, 0.15) is 31.7 Å². The molecule has 4 nitrogen and oxygen atoms in total. The van der Waals surface area contributed by atoms with E-state index < -0.39 is 0 Å². The zero-order valence-electron chi connectivity index (χ0n) is 12.8. The highest BCUT2D eigenvalue weighted by molar-refractivity contribution is 5.98. The summed E-state index contributed by atoms with van der Waals surface area (Å²) < 4.78 is 0. The average Bonchev–Trinajstić information content (AvgIpc) is 2.65. The Kier molecular flexibility index (Phi) is 4.56. The fourth-order valence-corrected chi connectivity index (χ4v) is 3.28. The lowest BCUT2D eigenvalue weighted by Crippen LogP contribution is -2.46. The number of para-hydroxylation sites is 1. The van der Waals surface area contributed by atoms with Crippen molar-refractivity contribution in [2.75, 3.05) is 31.1 Å². The van der Waals surface area contributed by atoms with Crippen molar-refractivity contribution in [3.8, 4) is 0 Å². The summed E-state index contributed by atoms with van der Waals surface area (Å²) >= 11 is 0. The smallest absolute Gasteiger partial charge is 0.243 e. The number of carbonyl (C=O) groups is 1. The molecule has 1 amide bonds. The molecular weight excluding hydrogens is 262 g/mol. The zero-order valence-corrected chi connectivity index (χ0v) is 12.8. The number of carbonyl (C=O) groups excluding carboxylic acids is 1. The number of nitrogens with one attached hydrogen (secondary N) is 1. The monoisotopic (exact) mass is 287 g/mol. The van der Waals surface area contributed by atoms with Crippen LogP contribution in [0.15, 0.2) is 24.3 Å². The summed E-state index contributed by atoms with van der Waals surface area (Å²) in [5.41, 5.74) is 2.30. The minimum absolute atomic E-state index is 0.112. The summed E-state index contributed by atoms with van der Waals surface area (Å²) in [6.07, 6.45) is 3.94. The molecule has 0 saturated carbocycles. The highest BCUT2D eigenvalue weighted by Crippen LogP contribution is 2.24. The summed E-state index contributed by atoms with van der Waals surface area (Å²) in [5.74, 6) is 0.192. The molecule has 0 aromatic heterocycles. The van der Waals surface area contributed by atoms with Gasteiger partial charge in [-0.15, -0.1) is 0 Å². The van der Waals surface area contributed by atoms with Crippen LogP contribution in [-0.4, -0.2) is 43.0 Å². The Labute approximate surface area is 127 Å². The first kappa shape index (κ1) is 14.5. The Hall–Kier alpha value is -1.39. The molecule has 21 heavy (non-hydrogen) atoms. The summed E-state index contributed by atoms with van der Waals surface area (Å²) in [7, 11) is 0. The number of piperidine rings is 1. The third kappa shape index (κ3) is 3.27. The van der Waals surface area contributed by atoms with Crippen molar-refractivity contribution < 1.29 is 4.79 Å². The number of benzene rings is 1. The van der Waals surface area contributed by atoms with E-state index in [2.05, 4.69) is 22.3 Å². The Morgan fingerprint density at radius 1 is 1.14 bits per heavy atom. The second kappa shape index (κ2) is 6.58. The van der Waals surface area contributed by atoms with Crippen molar-refractivity contribution in [2.24, 2.45) is 0 Å². The Morgan fingerprint density at radius 2 is 1.90 bits per heavy atom. The number of rotatable bonds is 3. The first-order valence-electron chi connectivity index (χ1n) is 8.11. The fraction of sp³-hybridized carbons (Fsp3) is 0.588. The predicted molar refractivity (Wildman–Crippen MR) is 85.4 cm³/mol. The molecule has 1 aromatic rings. The van der Waals surface area contributed by atoms with E-state index in [-0.39, 0.29) is 11.9 Å². The van der Waals surface area contributed by atoms with Crippen molar-refractivity contribution in [3.63, 3.8) is 0 Å². The third-order valence-corrected chi connectivity index (χ3v) is 4.61. The van der Waals surface area contributed by atoms with Gasteiger partial charge >= 0.3 is 0 Å². The van der Waals surface area contributed by atoms with Gasteiger partial charge in [-0.3, -0.25) is 4.79 Å². The molecule has 1 atom stereocenters. The van der Waals surface area contributed by atoms with Gasteiger partial charge in [0.15, 0.2) is 0 Å². The van der Waals surface area contributed by atoms with Gasteiger partial charge in [0.25, 0.3) is 0 Å². The normalized spacial score (nSPS) is 23.8. The van der Waals surface area contributed by atoms with Gasteiger partial charge in [0.05, 0.1) is 6.04 Å². The fourth-order valence-electron chi connectivity index (χ4n) is 3.28. The molecule has 0 bridgehead atoms. The molecule has 0 aliphatic carbocycles. The van der Waals surface area contributed by atoms with Gasteiger partial charge < -0.3 is 15.1 Å². The molecule has 1 fully saturated rings. The van der Waals surface area contributed by atoms with Crippen molar-refractivity contribution in [1.29, 1.82) is 0 Å². The van der Waals surface area contributed by atoms with Gasteiger partial charge in [-0.05, 0) is 44.5 Å². The zero-order chi connectivity index (χ0) is 14.7. The van der Waals surface area contributed by atoms with Gasteiger partial charge in [0.2, 0.25) is 5.91 Å². The van der Waals surface area contributed by atoms with Gasteiger partial charge in [0.1, 0.15) is 0 Å². The number of anilines is 1. The maximum Gasteiger partial charge on any atom is 0.243 e. The molecule has 1 saturated heterocycles. The van der Waals surface area contributed by atoms with Crippen molar-refractivity contribution in [3.05, 3.63) is 29.8 Å². The summed E-state index contributed by atoms with van der Waals surface area (Å²) in [5, 5.41) is 3.31. The highest BCUT2D eigenvalue weighted by atomic mass is 16.2. The summed E-state index contributed by atoms with van der Waals surface area (Å²) in [6, 6.07) is 8.14. The maximum absolute atomic E-state index is 12.6. The molecule has 3 rings (SSSR count). The number of fused-ring (bicyclic) bond motifs is 1. The van der Waals surface area contributed by atoms with Crippen LogP contribution in [0, 0.1) is 0 Å². The van der Waals surface area contributed by atoms with Crippen LogP contribution in [0.3, 0.4) is 0 Å². The standard InChI is InChI=1S/C17H25N3O/c1-14-17(21)20(12-11-19-9-5-2-6-10-19)16-8-4-3-7-15(16)13-18-14/h3-4,7-8,14,18H,2,5-6,9-13H2,1H3/t14-/m0/s1. The number of amides is 1. The quantitative estimate of drug-likeness (QED) is 0.923. The van der Waals surface area contributed by atoms with E-state index >= 15 is 0 Å². The van der Waals surface area contributed by atoms with E-state index in [0.717, 1.165) is 25.3 Å². The van der Waals surface area contributed by atoms with Gasteiger partial charge in [-0.2, -0.15) is 0 Å². The molecule has 114 valence electrons. The molecule has 0 radical (unpaired) electrons. The van der Waals surface area contributed by atoms with E-state index in [0.29, 0.717) is 0 Å². The van der Waals surface area contributed by atoms with Crippen LogP contribution >= 0.6 is 0 Å². The first-order chi connectivity index (χ1) is 10.3. The second-order valence-corrected chi connectivity index (χ2v) is 6.12. The molecule has 2 aliphatic heterocycles. The van der Waals surface area contributed by atoms with E-state index in [1.165, 1.54) is 37.9 Å². The van der Waals surface area contributed by atoms with E-state index in [4.69, 9.17) is 0 Å². The molecule has 1 N–H and O–H groups in total. The Balaban J connectivity index is 1.75. The van der Waals surface area contributed by atoms with Crippen LogP contribution in [0.25, 0.3) is 0 Å². The average molecular weight is 287 g/mol. The van der Waals surface area contributed by atoms with Gasteiger partial charge in [-0.25, -0.2) is 0 Å². The molecule has 0 spiro atoms. The molecule has 1 aromatic carbocycles. The van der Waals surface area contributed by atoms with Crippen molar-refractivity contribution >= 4 is 11.6 Å². The lowest BCUT2D eigenvalue weighted by molar-refractivity contribution is -0.120. The molecule has 2 aliphatic rings. The van der Waals surface area contributed by atoms with Crippen LogP contribution < -0.4 is 10.2 Å². The highest BCUT2D eigenvalue weighted by Gasteiger charge is 2.27. The van der Waals surface area contributed by atoms with Crippen molar-refractivity contribution in [1.82, 2.24) is 10.2 Å². The van der Waals surface area contributed by atoms with Gasteiger partial charge in [-0.1, -0.05) is 24.6 Å². The first-order valence-corrected chi connectivity index (χ1v) is 8.11. The van der Waals surface area contributed by atoms with Gasteiger partial charge in [0, 0.05) is 25.3 Å². The number of hydrogen-bond acceptors (Lipinski definition) is 3. The van der Waals surface area contributed by atoms with Crippen LogP contribution in [0.4, 0.5) is 5.69 Å². The molecule has 2 heterocycles. The summed E-state index contributed by atoms with van der Waals surface area (Å²) in [6.45, 7) is 6.86. The largest absolute Gasteiger partial charge is 0.309 e. The second-order valence-electron chi connectivity index (χ2n) is 6.12. The lowest BCUT2D eigenvalue weighted by atomic mass is 10.1. The van der Waals surface area contributed by atoms with E-state index in [9.17, 15) is 4.79 Å². The third-order valence-electron chi connectivity index (χ3n) is 4.61. The van der Waals surface area contributed by atoms with Crippen LogP contribution in [0.2, 0.25) is 0 Å². The number of nitrogens with zero attached hydrogens (tertiary/aromatic N) is 2. The number of hydrogen-bond donors (Lipinski definition) is 1. The Bertz CT molecular complexity index is 497. The van der Waals surface area contributed by atoms with E-state index in [1.807, 2.05) is 24.0 Å². The maximum atomic E-state index is 12.6. The SMILES string of the molecule is C[C@@H]1NCc2ccccc2N(CCN2CCCCC2)C1=O. The lowest BCUT2D eigenvalue weighted by Gasteiger charge is -2.30. The van der Waals surface area contributed by atoms with Crippen LogP contribution in [-0.2, 0) is 11.3 Å². The number of likely N-dealkylation sites (tertiary alicyclic amines) is 1. The topological polar surface area (TPSA) is 35.6 Å². The molecular formula is C17H25N3O.